The number of carbonyl (C=O) groups is 2. The zero-order valence-electron chi connectivity index (χ0n) is 16.1. The van der Waals surface area contributed by atoms with Gasteiger partial charge in [0.25, 0.3) is 5.91 Å². The molecule has 4 rings (SSSR count). The van der Waals surface area contributed by atoms with Crippen LogP contribution in [0.3, 0.4) is 0 Å². The van der Waals surface area contributed by atoms with E-state index in [0.29, 0.717) is 29.1 Å². The zero-order chi connectivity index (χ0) is 20.8. The number of hydroxylamine groups is 1. The van der Waals surface area contributed by atoms with E-state index in [-0.39, 0.29) is 5.91 Å². The summed E-state index contributed by atoms with van der Waals surface area (Å²) < 4.78 is 19.6. The number of ether oxygens (including phenoxy) is 1. The molecule has 29 heavy (non-hydrogen) atoms. The van der Waals surface area contributed by atoms with Crippen molar-refractivity contribution in [3.05, 3.63) is 63.3 Å². The molecule has 150 valence electrons. The van der Waals surface area contributed by atoms with E-state index in [2.05, 4.69) is 10.8 Å². The lowest BCUT2D eigenvalue weighted by atomic mass is 9.94. The van der Waals surface area contributed by atoms with Gasteiger partial charge in [-0.05, 0) is 55.1 Å². The summed E-state index contributed by atoms with van der Waals surface area (Å²) in [5.41, 5.74) is 5.33. The molecule has 0 unspecified atom stereocenters. The molecule has 8 heteroatoms. The molecule has 0 saturated heterocycles. The van der Waals surface area contributed by atoms with Gasteiger partial charge < -0.3 is 14.9 Å². The number of carbonyl (C=O) groups excluding carboxylic acids is 2. The van der Waals surface area contributed by atoms with Gasteiger partial charge in [-0.15, -0.1) is 16.8 Å². The first-order chi connectivity index (χ1) is 13.7. The Kier molecular flexibility index (Phi) is 4.76. The molecule has 0 saturated carbocycles. The minimum absolute atomic E-state index is 0.314. The minimum atomic E-state index is -0.646. The van der Waals surface area contributed by atoms with E-state index in [4.69, 9.17) is 9.57 Å². The van der Waals surface area contributed by atoms with Gasteiger partial charge >= 0.3 is 5.97 Å². The van der Waals surface area contributed by atoms with Crippen LogP contribution in [0.1, 0.15) is 36.8 Å². The lowest BCUT2D eigenvalue weighted by molar-refractivity contribution is -0.148. The van der Waals surface area contributed by atoms with Crippen LogP contribution in [0.15, 0.2) is 41.5 Å². The number of thiophene rings is 1. The van der Waals surface area contributed by atoms with E-state index in [1.807, 2.05) is 31.4 Å². The van der Waals surface area contributed by atoms with Gasteiger partial charge in [0.2, 0.25) is 0 Å². The Labute approximate surface area is 171 Å². The maximum atomic E-state index is 13.5. The normalized spacial score (nSPS) is 19.4. The van der Waals surface area contributed by atoms with Crippen LogP contribution >= 0.6 is 11.3 Å². The summed E-state index contributed by atoms with van der Waals surface area (Å²) in [5.74, 6) is -0.669. The molecule has 2 aliphatic rings. The fourth-order valence-electron chi connectivity index (χ4n) is 3.43. The monoisotopic (exact) mass is 414 g/mol. The van der Waals surface area contributed by atoms with Crippen molar-refractivity contribution in [3.63, 3.8) is 0 Å². The maximum absolute atomic E-state index is 13.5. The summed E-state index contributed by atoms with van der Waals surface area (Å²) in [6.45, 7) is 5.59. The fourth-order valence-corrected chi connectivity index (χ4v) is 4.24. The van der Waals surface area contributed by atoms with Crippen LogP contribution in [-0.2, 0) is 25.7 Å². The molecule has 3 heterocycles. The summed E-state index contributed by atoms with van der Waals surface area (Å²) >= 11 is 1.53. The van der Waals surface area contributed by atoms with Gasteiger partial charge in [-0.25, -0.2) is 4.39 Å². The molecule has 0 atom stereocenters. The van der Waals surface area contributed by atoms with Crippen molar-refractivity contribution < 1.29 is 23.6 Å². The number of anilines is 1. The topological polar surface area (TPSA) is 76.7 Å². The molecular formula is C21H19FN2O4S. The van der Waals surface area contributed by atoms with Crippen molar-refractivity contribution in [2.45, 2.75) is 32.9 Å². The molecule has 0 bridgehead atoms. The van der Waals surface area contributed by atoms with Crippen LogP contribution in [0.4, 0.5) is 10.1 Å². The van der Waals surface area contributed by atoms with Crippen molar-refractivity contribution in [3.8, 4) is 0 Å². The average molecular weight is 414 g/mol. The lowest BCUT2D eigenvalue weighted by Crippen LogP contribution is -2.21. The SMILES string of the molecule is CC(=O)ONCc1cc(C2=CC(=C3C(=O)Nc4cc(F)ccc43)OC2(C)C)cs1. The predicted molar refractivity (Wildman–Crippen MR) is 108 cm³/mol. The maximum Gasteiger partial charge on any atom is 0.321 e. The number of benzene rings is 1. The van der Waals surface area contributed by atoms with Crippen molar-refractivity contribution in [2.24, 2.45) is 0 Å². The second-order valence-electron chi connectivity index (χ2n) is 7.27. The Bertz CT molecular complexity index is 1080. The molecule has 0 aliphatic carbocycles. The van der Waals surface area contributed by atoms with E-state index >= 15 is 0 Å². The molecular weight excluding hydrogens is 395 g/mol. The number of fused-ring (bicyclic) bond motifs is 1. The Hall–Kier alpha value is -2.97. The minimum Gasteiger partial charge on any atom is -0.482 e. The molecule has 1 amide bonds. The first-order valence-electron chi connectivity index (χ1n) is 8.99. The number of hydrogen-bond donors (Lipinski definition) is 2. The number of amides is 1. The van der Waals surface area contributed by atoms with Crippen molar-refractivity contribution in [1.29, 1.82) is 0 Å². The van der Waals surface area contributed by atoms with Gasteiger partial charge in [0.15, 0.2) is 0 Å². The highest BCUT2D eigenvalue weighted by atomic mass is 32.1. The van der Waals surface area contributed by atoms with Gasteiger partial charge in [-0.2, -0.15) is 0 Å². The second-order valence-corrected chi connectivity index (χ2v) is 8.27. The molecule has 1 aromatic heterocycles. The van der Waals surface area contributed by atoms with E-state index in [0.717, 1.165) is 16.0 Å². The second kappa shape index (κ2) is 7.13. The van der Waals surface area contributed by atoms with Crippen LogP contribution < -0.4 is 10.8 Å². The van der Waals surface area contributed by atoms with Gasteiger partial charge in [-0.3, -0.25) is 9.59 Å². The Balaban J connectivity index is 1.67. The van der Waals surface area contributed by atoms with Crippen LogP contribution in [0.25, 0.3) is 11.1 Å². The van der Waals surface area contributed by atoms with Crippen LogP contribution in [0, 0.1) is 5.82 Å². The third-order valence-corrected chi connectivity index (χ3v) is 5.63. The van der Waals surface area contributed by atoms with E-state index in [1.165, 1.54) is 30.4 Å². The molecule has 2 N–H and O–H groups in total. The number of halogens is 1. The average Bonchev–Trinajstić information content (AvgIpc) is 3.28. The lowest BCUT2D eigenvalue weighted by Gasteiger charge is -2.22. The highest BCUT2D eigenvalue weighted by molar-refractivity contribution is 7.10. The largest absolute Gasteiger partial charge is 0.482 e. The highest BCUT2D eigenvalue weighted by Crippen LogP contribution is 2.45. The van der Waals surface area contributed by atoms with Crippen LogP contribution in [0.5, 0.6) is 0 Å². The molecule has 2 aliphatic heterocycles. The third-order valence-electron chi connectivity index (χ3n) is 4.69. The third kappa shape index (κ3) is 3.68. The van der Waals surface area contributed by atoms with Crippen molar-refractivity contribution in [2.75, 3.05) is 5.32 Å². The Morgan fingerprint density at radius 3 is 2.90 bits per heavy atom. The molecule has 0 fully saturated rings. The summed E-state index contributed by atoms with van der Waals surface area (Å²) in [5, 5.41) is 4.68. The molecule has 1 aromatic carbocycles. The van der Waals surface area contributed by atoms with Crippen LogP contribution in [0.2, 0.25) is 0 Å². The standard InChI is InChI=1S/C21H19FN2O4S/c1-11(25)28-23-9-14-6-12(10-29-14)16-8-18(27-21(16,2)3)19-15-5-4-13(22)7-17(15)24-20(19)26/h4-8,10,23H,9H2,1-3H3,(H,24,26). The zero-order valence-corrected chi connectivity index (χ0v) is 16.9. The van der Waals surface area contributed by atoms with Gasteiger partial charge in [-0.1, -0.05) is 0 Å². The van der Waals surface area contributed by atoms with Gasteiger partial charge in [0.1, 0.15) is 17.2 Å². The molecule has 0 spiro atoms. The van der Waals surface area contributed by atoms with Crippen LogP contribution in [-0.4, -0.2) is 17.5 Å². The molecule has 0 radical (unpaired) electrons. The van der Waals surface area contributed by atoms with Gasteiger partial charge in [0, 0.05) is 22.9 Å². The summed E-state index contributed by atoms with van der Waals surface area (Å²) in [6, 6.07) is 6.19. The summed E-state index contributed by atoms with van der Waals surface area (Å²) in [7, 11) is 0. The number of hydrogen-bond acceptors (Lipinski definition) is 6. The van der Waals surface area contributed by atoms with E-state index < -0.39 is 17.4 Å². The van der Waals surface area contributed by atoms with E-state index in [1.54, 1.807) is 6.07 Å². The number of nitrogens with one attached hydrogen (secondary N) is 2. The van der Waals surface area contributed by atoms with Crippen molar-refractivity contribution >= 4 is 40.0 Å². The van der Waals surface area contributed by atoms with Crippen molar-refractivity contribution in [1.82, 2.24) is 5.48 Å². The van der Waals surface area contributed by atoms with E-state index in [9.17, 15) is 14.0 Å². The Morgan fingerprint density at radius 2 is 2.14 bits per heavy atom. The Morgan fingerprint density at radius 1 is 1.34 bits per heavy atom. The fraction of sp³-hybridized carbons (Fsp3) is 0.238. The van der Waals surface area contributed by atoms with Gasteiger partial charge in [0.05, 0.1) is 17.8 Å². The smallest absolute Gasteiger partial charge is 0.321 e. The number of rotatable bonds is 4. The quantitative estimate of drug-likeness (QED) is 0.584. The highest BCUT2D eigenvalue weighted by Gasteiger charge is 2.38. The summed E-state index contributed by atoms with van der Waals surface area (Å²) in [6.07, 6.45) is 1.86. The summed E-state index contributed by atoms with van der Waals surface area (Å²) in [4.78, 5) is 29.1. The molecule has 6 nitrogen and oxygen atoms in total. The number of allylic oxidation sites excluding steroid dienone is 1. The first-order valence-corrected chi connectivity index (χ1v) is 9.87. The molecule has 2 aromatic rings. The predicted octanol–water partition coefficient (Wildman–Crippen LogP) is 4.01. The first kappa shape index (κ1) is 19.4.